The van der Waals surface area contributed by atoms with E-state index in [1.807, 2.05) is 24.3 Å². The zero-order chi connectivity index (χ0) is 11.4. The predicted molar refractivity (Wildman–Crippen MR) is 62.7 cm³/mol. The molecule has 0 aliphatic carbocycles. The van der Waals surface area contributed by atoms with Crippen LogP contribution in [0.2, 0.25) is 0 Å². The monoisotopic (exact) mass is 216 g/mol. The average molecular weight is 216 g/mol. The summed E-state index contributed by atoms with van der Waals surface area (Å²) in [5, 5.41) is 3.03. The van der Waals surface area contributed by atoms with Gasteiger partial charge in [0.1, 0.15) is 5.82 Å². The van der Waals surface area contributed by atoms with Gasteiger partial charge in [0.05, 0.1) is 17.9 Å². The molecule has 2 aromatic rings. The van der Waals surface area contributed by atoms with Crippen molar-refractivity contribution in [2.75, 3.05) is 5.32 Å². The molecule has 0 aliphatic heterocycles. The molecule has 0 unspecified atom stereocenters. The van der Waals surface area contributed by atoms with Crippen LogP contribution in [-0.4, -0.2) is 4.98 Å². The number of hydrogen-bond acceptors (Lipinski definition) is 2. The van der Waals surface area contributed by atoms with Gasteiger partial charge in [-0.05, 0) is 30.7 Å². The van der Waals surface area contributed by atoms with Crippen molar-refractivity contribution in [3.63, 3.8) is 0 Å². The Balaban J connectivity index is 2.08. The van der Waals surface area contributed by atoms with Gasteiger partial charge < -0.3 is 5.32 Å². The van der Waals surface area contributed by atoms with Gasteiger partial charge in [0, 0.05) is 6.20 Å². The van der Waals surface area contributed by atoms with Gasteiger partial charge in [-0.15, -0.1) is 0 Å². The number of halogens is 1. The van der Waals surface area contributed by atoms with Crippen LogP contribution >= 0.6 is 0 Å². The molecule has 0 saturated carbocycles. The Kier molecular flexibility index (Phi) is 3.15. The molecule has 0 amide bonds. The van der Waals surface area contributed by atoms with Crippen molar-refractivity contribution in [3.05, 3.63) is 59.7 Å². The van der Waals surface area contributed by atoms with Crippen molar-refractivity contribution >= 4 is 5.69 Å². The van der Waals surface area contributed by atoms with Crippen molar-refractivity contribution in [2.24, 2.45) is 0 Å². The summed E-state index contributed by atoms with van der Waals surface area (Å²) in [5.41, 5.74) is 2.06. The van der Waals surface area contributed by atoms with Gasteiger partial charge in [-0.1, -0.05) is 18.2 Å². The molecule has 0 bridgehead atoms. The summed E-state index contributed by atoms with van der Waals surface area (Å²) in [4.78, 5) is 4.16. The van der Waals surface area contributed by atoms with Gasteiger partial charge in [0.25, 0.3) is 0 Å². The number of benzene rings is 1. The van der Waals surface area contributed by atoms with Crippen molar-refractivity contribution in [3.8, 4) is 0 Å². The van der Waals surface area contributed by atoms with E-state index < -0.39 is 0 Å². The molecule has 3 heteroatoms. The molecule has 2 nitrogen and oxygen atoms in total. The second-order valence-corrected chi connectivity index (χ2v) is 3.61. The molecular formula is C13H13FN2. The molecule has 1 N–H and O–H groups in total. The van der Waals surface area contributed by atoms with Crippen LogP contribution in [0.15, 0.2) is 42.6 Å². The van der Waals surface area contributed by atoms with E-state index in [1.165, 1.54) is 0 Å². The van der Waals surface area contributed by atoms with E-state index in [9.17, 15) is 4.39 Å². The second-order valence-electron chi connectivity index (χ2n) is 3.61. The maximum atomic E-state index is 13.6. The molecule has 0 aliphatic rings. The molecule has 0 fully saturated rings. The highest BCUT2D eigenvalue weighted by atomic mass is 19.1. The van der Waals surface area contributed by atoms with Gasteiger partial charge >= 0.3 is 0 Å². The van der Waals surface area contributed by atoms with E-state index in [-0.39, 0.29) is 5.82 Å². The molecular weight excluding hydrogens is 203 g/mol. The Morgan fingerprint density at radius 2 is 2.06 bits per heavy atom. The molecule has 1 aromatic heterocycles. The van der Waals surface area contributed by atoms with Gasteiger partial charge in [-0.3, -0.25) is 4.98 Å². The summed E-state index contributed by atoms with van der Waals surface area (Å²) in [6.07, 6.45) is 1.73. The molecule has 1 aromatic carbocycles. The molecule has 0 atom stereocenters. The van der Waals surface area contributed by atoms with Crippen LogP contribution in [0, 0.1) is 12.7 Å². The first kappa shape index (κ1) is 10.6. The number of nitrogens with zero attached hydrogens (tertiary/aromatic N) is 1. The normalized spacial score (nSPS) is 10.1. The average Bonchev–Trinajstić information content (AvgIpc) is 2.32. The third-order valence-corrected chi connectivity index (χ3v) is 2.38. The Bertz CT molecular complexity index is 469. The fraction of sp³-hybridized carbons (Fsp3) is 0.154. The number of hydrogen-bond donors (Lipinski definition) is 1. The van der Waals surface area contributed by atoms with Crippen molar-refractivity contribution in [1.82, 2.24) is 4.98 Å². The first-order valence-electron chi connectivity index (χ1n) is 5.16. The van der Waals surface area contributed by atoms with Crippen molar-refractivity contribution < 1.29 is 4.39 Å². The summed E-state index contributed by atoms with van der Waals surface area (Å²) < 4.78 is 13.6. The lowest BCUT2D eigenvalue weighted by atomic mass is 10.2. The van der Waals surface area contributed by atoms with Crippen LogP contribution in [0.25, 0.3) is 0 Å². The standard InChI is InChI=1S/C13H13FN2/c1-10-5-4-7-12(13(10)14)16-9-11-6-2-3-8-15-11/h2-8,16H,9H2,1H3. The van der Waals surface area contributed by atoms with Crippen LogP contribution in [0.3, 0.4) is 0 Å². The fourth-order valence-corrected chi connectivity index (χ4v) is 1.47. The van der Waals surface area contributed by atoms with E-state index in [1.54, 1.807) is 25.3 Å². The van der Waals surface area contributed by atoms with Gasteiger partial charge in [-0.2, -0.15) is 0 Å². The summed E-state index contributed by atoms with van der Waals surface area (Å²) in [6, 6.07) is 11.0. The highest BCUT2D eigenvalue weighted by molar-refractivity contribution is 5.47. The van der Waals surface area contributed by atoms with Gasteiger partial charge in [0.2, 0.25) is 0 Å². The van der Waals surface area contributed by atoms with Crippen LogP contribution < -0.4 is 5.32 Å². The summed E-state index contributed by atoms with van der Waals surface area (Å²) in [5.74, 6) is -0.196. The van der Waals surface area contributed by atoms with Gasteiger partial charge in [-0.25, -0.2) is 4.39 Å². The second kappa shape index (κ2) is 4.75. The molecule has 0 radical (unpaired) electrons. The Morgan fingerprint density at radius 3 is 2.81 bits per heavy atom. The number of nitrogens with one attached hydrogen (secondary N) is 1. The highest BCUT2D eigenvalue weighted by Gasteiger charge is 2.03. The topological polar surface area (TPSA) is 24.9 Å². The third kappa shape index (κ3) is 2.37. The zero-order valence-electron chi connectivity index (χ0n) is 9.07. The minimum absolute atomic E-state index is 0.196. The minimum atomic E-state index is -0.196. The van der Waals surface area contributed by atoms with E-state index in [0.29, 0.717) is 17.8 Å². The molecule has 0 saturated heterocycles. The molecule has 1 heterocycles. The fourth-order valence-electron chi connectivity index (χ4n) is 1.47. The largest absolute Gasteiger partial charge is 0.377 e. The maximum Gasteiger partial charge on any atom is 0.149 e. The number of rotatable bonds is 3. The van der Waals surface area contributed by atoms with E-state index in [2.05, 4.69) is 10.3 Å². The molecule has 0 spiro atoms. The number of anilines is 1. The summed E-state index contributed by atoms with van der Waals surface area (Å²) in [7, 11) is 0. The summed E-state index contributed by atoms with van der Waals surface area (Å²) >= 11 is 0. The lowest BCUT2D eigenvalue weighted by Gasteiger charge is -2.08. The first-order chi connectivity index (χ1) is 7.77. The lowest BCUT2D eigenvalue weighted by molar-refractivity contribution is 0.621. The van der Waals surface area contributed by atoms with E-state index in [0.717, 1.165) is 5.69 Å². The SMILES string of the molecule is Cc1cccc(NCc2ccccn2)c1F. The van der Waals surface area contributed by atoms with Crippen LogP contribution in [0.5, 0.6) is 0 Å². The van der Waals surface area contributed by atoms with Crippen LogP contribution in [0.1, 0.15) is 11.3 Å². The quantitative estimate of drug-likeness (QED) is 0.852. The Hall–Kier alpha value is -1.90. The van der Waals surface area contributed by atoms with Gasteiger partial charge in [0.15, 0.2) is 0 Å². The van der Waals surface area contributed by atoms with Crippen molar-refractivity contribution in [2.45, 2.75) is 13.5 Å². The maximum absolute atomic E-state index is 13.6. The smallest absolute Gasteiger partial charge is 0.149 e. The number of aromatic nitrogens is 1. The lowest BCUT2D eigenvalue weighted by Crippen LogP contribution is -2.03. The third-order valence-electron chi connectivity index (χ3n) is 2.38. The Labute approximate surface area is 94.2 Å². The van der Waals surface area contributed by atoms with E-state index in [4.69, 9.17) is 0 Å². The Morgan fingerprint density at radius 1 is 1.19 bits per heavy atom. The number of aryl methyl sites for hydroxylation is 1. The van der Waals surface area contributed by atoms with Crippen molar-refractivity contribution in [1.29, 1.82) is 0 Å². The summed E-state index contributed by atoms with van der Waals surface area (Å²) in [6.45, 7) is 2.28. The molecule has 16 heavy (non-hydrogen) atoms. The van der Waals surface area contributed by atoms with E-state index >= 15 is 0 Å². The molecule has 82 valence electrons. The highest BCUT2D eigenvalue weighted by Crippen LogP contribution is 2.17. The minimum Gasteiger partial charge on any atom is -0.377 e. The molecule has 2 rings (SSSR count). The van der Waals surface area contributed by atoms with Crippen LogP contribution in [0.4, 0.5) is 10.1 Å². The van der Waals surface area contributed by atoms with Crippen LogP contribution in [-0.2, 0) is 6.54 Å². The first-order valence-corrected chi connectivity index (χ1v) is 5.16. The predicted octanol–water partition coefficient (Wildman–Crippen LogP) is 3.14. The zero-order valence-corrected chi connectivity index (χ0v) is 9.07. The number of pyridine rings is 1.